The molecule has 0 bridgehead atoms. The summed E-state index contributed by atoms with van der Waals surface area (Å²) in [5.41, 5.74) is 0. The molecule has 1 saturated carbocycles. The molecule has 0 unspecified atom stereocenters. The highest BCUT2D eigenvalue weighted by atomic mass is 35.5. The number of halogens is 1. The van der Waals surface area contributed by atoms with E-state index >= 15 is 0 Å². The molecule has 0 aliphatic heterocycles. The third kappa shape index (κ3) is 4.18. The maximum absolute atomic E-state index is 5.91. The molecule has 2 rings (SSSR count). The Morgan fingerprint density at radius 3 is 2.63 bits per heavy atom. The van der Waals surface area contributed by atoms with Crippen LogP contribution in [0.3, 0.4) is 0 Å². The van der Waals surface area contributed by atoms with Crippen LogP contribution in [0.2, 0.25) is 0 Å². The van der Waals surface area contributed by atoms with Crippen molar-refractivity contribution in [3.05, 3.63) is 11.6 Å². The van der Waals surface area contributed by atoms with Crippen molar-refractivity contribution in [2.24, 2.45) is 5.92 Å². The Labute approximate surface area is 120 Å². The molecule has 1 fully saturated rings. The lowest BCUT2D eigenvalue weighted by atomic mass is 9.86. The molecule has 0 saturated heterocycles. The van der Waals surface area contributed by atoms with Gasteiger partial charge in [0.1, 0.15) is 11.6 Å². The van der Waals surface area contributed by atoms with E-state index in [1.807, 2.05) is 0 Å². The van der Waals surface area contributed by atoms with E-state index in [1.165, 1.54) is 38.5 Å². The third-order valence-electron chi connectivity index (χ3n) is 4.04. The number of aromatic nitrogens is 3. The average molecular weight is 286 g/mol. The first-order valence-electron chi connectivity index (χ1n) is 7.31. The SMILES string of the molecule is COCCn1c(CCl)nnc1CCC1CCCCC1. The van der Waals surface area contributed by atoms with Gasteiger partial charge in [-0.3, -0.25) is 0 Å². The number of hydrogen-bond donors (Lipinski definition) is 0. The first-order chi connectivity index (χ1) is 9.35. The van der Waals surface area contributed by atoms with Crippen LogP contribution >= 0.6 is 11.6 Å². The van der Waals surface area contributed by atoms with Gasteiger partial charge in [0.25, 0.3) is 0 Å². The Balaban J connectivity index is 1.92. The lowest BCUT2D eigenvalue weighted by molar-refractivity contribution is 0.185. The Kier molecular flexibility index (Phi) is 6.11. The van der Waals surface area contributed by atoms with Crippen LogP contribution in [0.15, 0.2) is 0 Å². The minimum Gasteiger partial charge on any atom is -0.383 e. The van der Waals surface area contributed by atoms with Crippen molar-refractivity contribution in [2.45, 2.75) is 57.4 Å². The van der Waals surface area contributed by atoms with Gasteiger partial charge in [-0.2, -0.15) is 0 Å². The molecule has 1 aromatic rings. The fourth-order valence-corrected chi connectivity index (χ4v) is 3.10. The molecule has 19 heavy (non-hydrogen) atoms. The molecule has 1 aliphatic rings. The van der Waals surface area contributed by atoms with E-state index in [4.69, 9.17) is 16.3 Å². The second kappa shape index (κ2) is 7.85. The van der Waals surface area contributed by atoms with E-state index in [0.717, 1.165) is 30.5 Å². The summed E-state index contributed by atoms with van der Waals surface area (Å²) in [6.45, 7) is 1.48. The summed E-state index contributed by atoms with van der Waals surface area (Å²) in [6.07, 6.45) is 9.22. The lowest BCUT2D eigenvalue weighted by Gasteiger charge is -2.21. The Morgan fingerprint density at radius 2 is 1.95 bits per heavy atom. The Morgan fingerprint density at radius 1 is 1.21 bits per heavy atom. The molecule has 1 aromatic heterocycles. The summed E-state index contributed by atoms with van der Waals surface area (Å²) in [7, 11) is 1.71. The number of methoxy groups -OCH3 is 1. The Bertz CT molecular complexity index is 375. The molecule has 0 atom stereocenters. The Hall–Kier alpha value is -0.610. The predicted octanol–water partition coefficient (Wildman–Crippen LogP) is 3.18. The van der Waals surface area contributed by atoms with Crippen LogP contribution in [-0.4, -0.2) is 28.5 Å². The van der Waals surface area contributed by atoms with Crippen LogP contribution in [0, 0.1) is 5.92 Å². The molecular weight excluding hydrogens is 262 g/mol. The highest BCUT2D eigenvalue weighted by Crippen LogP contribution is 2.27. The van der Waals surface area contributed by atoms with E-state index in [1.54, 1.807) is 7.11 Å². The number of nitrogens with zero attached hydrogens (tertiary/aromatic N) is 3. The van der Waals surface area contributed by atoms with Gasteiger partial charge in [0.2, 0.25) is 0 Å². The number of ether oxygens (including phenoxy) is 1. The lowest BCUT2D eigenvalue weighted by Crippen LogP contribution is -2.13. The van der Waals surface area contributed by atoms with Crippen LogP contribution in [0.5, 0.6) is 0 Å². The monoisotopic (exact) mass is 285 g/mol. The summed E-state index contributed by atoms with van der Waals surface area (Å²) >= 11 is 5.91. The van der Waals surface area contributed by atoms with Crippen LogP contribution in [0.1, 0.15) is 50.2 Å². The first-order valence-corrected chi connectivity index (χ1v) is 7.84. The highest BCUT2D eigenvalue weighted by molar-refractivity contribution is 6.16. The van der Waals surface area contributed by atoms with Gasteiger partial charge in [-0.1, -0.05) is 32.1 Å². The molecule has 0 radical (unpaired) electrons. The van der Waals surface area contributed by atoms with E-state index in [-0.39, 0.29) is 0 Å². The van der Waals surface area contributed by atoms with Gasteiger partial charge in [0.15, 0.2) is 0 Å². The highest BCUT2D eigenvalue weighted by Gasteiger charge is 2.16. The molecule has 0 spiro atoms. The van der Waals surface area contributed by atoms with Crippen molar-refractivity contribution in [1.82, 2.24) is 14.8 Å². The molecule has 0 aromatic carbocycles. The number of rotatable bonds is 7. The van der Waals surface area contributed by atoms with Crippen LogP contribution in [-0.2, 0) is 23.6 Å². The maximum atomic E-state index is 5.91. The molecule has 1 heterocycles. The minimum absolute atomic E-state index is 0.417. The molecule has 0 N–H and O–H groups in total. The van der Waals surface area contributed by atoms with Crippen molar-refractivity contribution in [3.63, 3.8) is 0 Å². The normalized spacial score (nSPS) is 16.9. The first kappa shape index (κ1) is 14.8. The second-order valence-corrected chi connectivity index (χ2v) is 5.62. The summed E-state index contributed by atoms with van der Waals surface area (Å²) in [5, 5.41) is 8.47. The smallest absolute Gasteiger partial charge is 0.148 e. The van der Waals surface area contributed by atoms with Crippen molar-refractivity contribution < 1.29 is 4.74 Å². The van der Waals surface area contributed by atoms with E-state index in [0.29, 0.717) is 12.5 Å². The molecular formula is C14H24ClN3O. The van der Waals surface area contributed by atoms with Crippen molar-refractivity contribution >= 4 is 11.6 Å². The maximum Gasteiger partial charge on any atom is 0.148 e. The second-order valence-electron chi connectivity index (χ2n) is 5.35. The zero-order valence-corrected chi connectivity index (χ0v) is 12.5. The molecule has 5 heteroatoms. The van der Waals surface area contributed by atoms with Gasteiger partial charge in [-0.05, 0) is 12.3 Å². The van der Waals surface area contributed by atoms with Gasteiger partial charge in [-0.15, -0.1) is 21.8 Å². The average Bonchev–Trinajstić information content (AvgIpc) is 2.86. The van der Waals surface area contributed by atoms with Gasteiger partial charge >= 0.3 is 0 Å². The number of aryl methyl sites for hydroxylation is 1. The molecule has 0 amide bonds. The van der Waals surface area contributed by atoms with Gasteiger partial charge < -0.3 is 9.30 Å². The largest absolute Gasteiger partial charge is 0.383 e. The topological polar surface area (TPSA) is 39.9 Å². The van der Waals surface area contributed by atoms with E-state index in [2.05, 4.69) is 14.8 Å². The summed E-state index contributed by atoms with van der Waals surface area (Å²) in [5.74, 6) is 3.22. The molecule has 108 valence electrons. The van der Waals surface area contributed by atoms with Crippen molar-refractivity contribution in [3.8, 4) is 0 Å². The fraction of sp³-hybridized carbons (Fsp3) is 0.857. The van der Waals surface area contributed by atoms with Crippen LogP contribution in [0.4, 0.5) is 0 Å². The number of hydrogen-bond acceptors (Lipinski definition) is 3. The predicted molar refractivity (Wildman–Crippen MR) is 76.4 cm³/mol. The zero-order valence-electron chi connectivity index (χ0n) is 11.8. The summed E-state index contributed by atoms with van der Waals surface area (Å²) in [6, 6.07) is 0. The third-order valence-corrected chi connectivity index (χ3v) is 4.28. The minimum atomic E-state index is 0.417. The molecule has 4 nitrogen and oxygen atoms in total. The fourth-order valence-electron chi connectivity index (χ4n) is 2.91. The molecule has 1 aliphatic carbocycles. The summed E-state index contributed by atoms with van der Waals surface area (Å²) in [4.78, 5) is 0. The quantitative estimate of drug-likeness (QED) is 0.723. The van der Waals surface area contributed by atoms with Crippen LogP contribution in [0.25, 0.3) is 0 Å². The van der Waals surface area contributed by atoms with Gasteiger partial charge in [0.05, 0.1) is 12.5 Å². The van der Waals surface area contributed by atoms with Crippen LogP contribution < -0.4 is 0 Å². The standard InChI is InChI=1S/C14H24ClN3O/c1-19-10-9-18-13(16-17-14(18)11-15)8-7-12-5-3-2-4-6-12/h12H,2-11H2,1H3. The van der Waals surface area contributed by atoms with Gasteiger partial charge in [0, 0.05) is 20.1 Å². The summed E-state index contributed by atoms with van der Waals surface area (Å²) < 4.78 is 7.27. The zero-order chi connectivity index (χ0) is 13.5. The van der Waals surface area contributed by atoms with E-state index in [9.17, 15) is 0 Å². The number of alkyl halides is 1. The van der Waals surface area contributed by atoms with Crippen molar-refractivity contribution in [2.75, 3.05) is 13.7 Å². The van der Waals surface area contributed by atoms with Crippen molar-refractivity contribution in [1.29, 1.82) is 0 Å². The van der Waals surface area contributed by atoms with E-state index < -0.39 is 0 Å². The van der Waals surface area contributed by atoms with Gasteiger partial charge in [-0.25, -0.2) is 0 Å².